The van der Waals surface area contributed by atoms with E-state index in [1.54, 1.807) is 0 Å². The normalized spacial score (nSPS) is 28.0. The second-order valence-electron chi connectivity index (χ2n) is 10.2. The van der Waals surface area contributed by atoms with Crippen LogP contribution in [0.3, 0.4) is 0 Å². The Morgan fingerprint density at radius 1 is 1.20 bits per heavy atom. The van der Waals surface area contributed by atoms with Gasteiger partial charge in [-0.3, -0.25) is 4.79 Å². The number of nitrogens with two attached hydrogens (primary N) is 1. The van der Waals surface area contributed by atoms with Crippen molar-refractivity contribution in [2.24, 2.45) is 16.7 Å². The van der Waals surface area contributed by atoms with Crippen LogP contribution < -0.4 is 11.1 Å². The van der Waals surface area contributed by atoms with E-state index in [1.807, 2.05) is 25.1 Å². The van der Waals surface area contributed by atoms with Crippen molar-refractivity contribution in [3.05, 3.63) is 53.1 Å². The van der Waals surface area contributed by atoms with Crippen LogP contribution in [-0.4, -0.2) is 11.1 Å². The lowest BCUT2D eigenvalue weighted by Gasteiger charge is -2.53. The maximum absolute atomic E-state index is 12.3. The standard InChI is InChI=1S/C26H34N2O2/c1-16(2)22-20(28-18-9-6-5-7-10-18)13-17-15-25(3)11-8-12-26(4,24(29)30)21(25)14-19(17)23(22)27/h5-7,9-10,13,16,21,28H,8,11-12,14-15,27H2,1-4H3,(H,29,30)/t21-,25-,26-/m1/s1. The van der Waals surface area contributed by atoms with Gasteiger partial charge in [0.05, 0.1) is 5.41 Å². The monoisotopic (exact) mass is 406 g/mol. The number of aliphatic carboxylic acids is 1. The lowest BCUT2D eigenvalue weighted by Crippen LogP contribution is -2.51. The number of carboxylic acids is 1. The zero-order valence-electron chi connectivity index (χ0n) is 18.6. The Labute approximate surface area is 179 Å². The number of rotatable bonds is 4. The average Bonchev–Trinajstić information content (AvgIpc) is 2.67. The van der Waals surface area contributed by atoms with Crippen LogP contribution >= 0.6 is 0 Å². The zero-order valence-corrected chi connectivity index (χ0v) is 18.6. The number of hydrogen-bond acceptors (Lipinski definition) is 3. The smallest absolute Gasteiger partial charge is 0.309 e. The van der Waals surface area contributed by atoms with Gasteiger partial charge < -0.3 is 16.2 Å². The van der Waals surface area contributed by atoms with Gasteiger partial charge in [-0.1, -0.05) is 45.4 Å². The first-order valence-electron chi connectivity index (χ1n) is 11.2. The number of nitrogens with one attached hydrogen (secondary N) is 1. The minimum Gasteiger partial charge on any atom is -0.481 e. The number of para-hydroxylation sites is 1. The third kappa shape index (κ3) is 3.27. The Balaban J connectivity index is 1.82. The van der Waals surface area contributed by atoms with Crippen LogP contribution in [0.2, 0.25) is 0 Å². The molecule has 4 nitrogen and oxygen atoms in total. The fraction of sp³-hybridized carbons (Fsp3) is 0.500. The highest BCUT2D eigenvalue weighted by atomic mass is 16.4. The number of carboxylic acid groups (broad SMARTS) is 1. The highest BCUT2D eigenvalue weighted by molar-refractivity contribution is 5.77. The van der Waals surface area contributed by atoms with Crippen LogP contribution in [0.1, 0.15) is 69.6 Å². The van der Waals surface area contributed by atoms with Crippen molar-refractivity contribution >= 4 is 23.0 Å². The Bertz CT molecular complexity index is 969. The molecule has 1 saturated carbocycles. The maximum Gasteiger partial charge on any atom is 0.309 e. The third-order valence-corrected chi connectivity index (χ3v) is 7.79. The Kier molecular flexibility index (Phi) is 5.08. The van der Waals surface area contributed by atoms with E-state index in [9.17, 15) is 9.90 Å². The fourth-order valence-electron chi connectivity index (χ4n) is 6.18. The molecule has 0 aromatic heterocycles. The van der Waals surface area contributed by atoms with Crippen LogP contribution in [-0.2, 0) is 17.6 Å². The summed E-state index contributed by atoms with van der Waals surface area (Å²) < 4.78 is 0. The predicted octanol–water partition coefficient (Wildman–Crippen LogP) is 6.13. The molecule has 2 aliphatic carbocycles. The summed E-state index contributed by atoms with van der Waals surface area (Å²) in [5, 5.41) is 13.7. The molecule has 30 heavy (non-hydrogen) atoms. The molecule has 2 aliphatic rings. The molecule has 2 aromatic carbocycles. The largest absolute Gasteiger partial charge is 0.481 e. The summed E-state index contributed by atoms with van der Waals surface area (Å²) in [7, 11) is 0. The van der Waals surface area contributed by atoms with E-state index in [-0.39, 0.29) is 17.3 Å². The number of anilines is 3. The summed E-state index contributed by atoms with van der Waals surface area (Å²) in [6, 6.07) is 12.5. The van der Waals surface area contributed by atoms with E-state index < -0.39 is 11.4 Å². The molecular formula is C26H34N2O2. The van der Waals surface area contributed by atoms with Crippen LogP contribution in [0.4, 0.5) is 17.1 Å². The van der Waals surface area contributed by atoms with Gasteiger partial charge in [-0.2, -0.15) is 0 Å². The van der Waals surface area contributed by atoms with Gasteiger partial charge in [0.25, 0.3) is 0 Å². The van der Waals surface area contributed by atoms with E-state index in [0.29, 0.717) is 0 Å². The zero-order chi connectivity index (χ0) is 21.7. The van der Waals surface area contributed by atoms with Gasteiger partial charge in [0.15, 0.2) is 0 Å². The number of benzene rings is 2. The Morgan fingerprint density at radius 3 is 2.53 bits per heavy atom. The highest BCUT2D eigenvalue weighted by Gasteiger charge is 2.54. The topological polar surface area (TPSA) is 75.3 Å². The van der Waals surface area contributed by atoms with Crippen molar-refractivity contribution in [1.29, 1.82) is 0 Å². The van der Waals surface area contributed by atoms with Crippen molar-refractivity contribution in [3.63, 3.8) is 0 Å². The molecule has 0 heterocycles. The maximum atomic E-state index is 12.3. The summed E-state index contributed by atoms with van der Waals surface area (Å²) >= 11 is 0. The Morgan fingerprint density at radius 2 is 1.90 bits per heavy atom. The molecule has 0 radical (unpaired) electrons. The van der Waals surface area contributed by atoms with Crippen molar-refractivity contribution in [2.45, 2.75) is 65.7 Å². The quantitative estimate of drug-likeness (QED) is 0.534. The summed E-state index contributed by atoms with van der Waals surface area (Å²) in [4.78, 5) is 12.3. The second kappa shape index (κ2) is 7.33. The number of carbonyl (C=O) groups is 1. The van der Waals surface area contributed by atoms with Crippen molar-refractivity contribution < 1.29 is 9.90 Å². The molecule has 4 heteroatoms. The molecule has 3 atom stereocenters. The molecule has 0 unspecified atom stereocenters. The van der Waals surface area contributed by atoms with E-state index in [4.69, 9.17) is 5.73 Å². The van der Waals surface area contributed by atoms with Crippen molar-refractivity contribution in [1.82, 2.24) is 0 Å². The number of nitrogen functional groups attached to an aromatic ring is 1. The molecule has 4 N–H and O–H groups in total. The first-order valence-corrected chi connectivity index (χ1v) is 11.2. The van der Waals surface area contributed by atoms with Gasteiger partial charge in [0.1, 0.15) is 0 Å². The van der Waals surface area contributed by atoms with Crippen LogP contribution in [0.5, 0.6) is 0 Å². The second-order valence-corrected chi connectivity index (χ2v) is 10.2. The minimum absolute atomic E-state index is 0.00576. The summed E-state index contributed by atoms with van der Waals surface area (Å²) in [5.74, 6) is -0.280. The lowest BCUT2D eigenvalue weighted by atomic mass is 9.50. The van der Waals surface area contributed by atoms with Gasteiger partial charge in [0, 0.05) is 22.6 Å². The van der Waals surface area contributed by atoms with E-state index in [1.165, 1.54) is 11.1 Å². The summed E-state index contributed by atoms with van der Waals surface area (Å²) in [5.41, 5.74) is 12.7. The van der Waals surface area contributed by atoms with Crippen molar-refractivity contribution in [3.8, 4) is 0 Å². The molecule has 2 aromatic rings. The van der Waals surface area contributed by atoms with Gasteiger partial charge >= 0.3 is 5.97 Å². The van der Waals surface area contributed by atoms with Gasteiger partial charge in [-0.25, -0.2) is 0 Å². The van der Waals surface area contributed by atoms with Gasteiger partial charge in [0.2, 0.25) is 0 Å². The first-order chi connectivity index (χ1) is 14.2. The highest BCUT2D eigenvalue weighted by Crippen LogP contribution is 2.58. The molecule has 0 saturated heterocycles. The molecular weight excluding hydrogens is 372 g/mol. The van der Waals surface area contributed by atoms with E-state index in [0.717, 1.165) is 54.7 Å². The van der Waals surface area contributed by atoms with Crippen LogP contribution in [0, 0.1) is 16.7 Å². The molecule has 0 bridgehead atoms. The SMILES string of the molecule is CC(C)c1c(Nc2ccccc2)cc2c(c1N)C[C@@H]1[C@](C)(CCC[C@@]1(C)C(=O)O)C2. The minimum atomic E-state index is -0.684. The number of hydrogen-bond donors (Lipinski definition) is 3. The van der Waals surface area contributed by atoms with E-state index in [2.05, 4.69) is 44.3 Å². The molecule has 0 amide bonds. The number of fused-ring (bicyclic) bond motifs is 2. The van der Waals surface area contributed by atoms with Gasteiger partial charge in [-0.15, -0.1) is 0 Å². The third-order valence-electron chi connectivity index (χ3n) is 7.79. The molecule has 0 aliphatic heterocycles. The predicted molar refractivity (Wildman–Crippen MR) is 123 cm³/mol. The van der Waals surface area contributed by atoms with Crippen LogP contribution in [0.15, 0.2) is 36.4 Å². The van der Waals surface area contributed by atoms with Gasteiger partial charge in [-0.05, 0) is 79.2 Å². The van der Waals surface area contributed by atoms with Crippen LogP contribution in [0.25, 0.3) is 0 Å². The Hall–Kier alpha value is -2.49. The molecule has 1 fully saturated rings. The van der Waals surface area contributed by atoms with Crippen molar-refractivity contribution in [2.75, 3.05) is 11.1 Å². The summed E-state index contributed by atoms with van der Waals surface area (Å²) in [6.45, 7) is 8.58. The molecule has 160 valence electrons. The molecule has 4 rings (SSSR count). The lowest BCUT2D eigenvalue weighted by molar-refractivity contribution is -0.160. The molecule has 0 spiro atoms. The van der Waals surface area contributed by atoms with E-state index >= 15 is 0 Å². The fourth-order valence-corrected chi connectivity index (χ4v) is 6.18. The first kappa shape index (κ1) is 20.8. The average molecular weight is 407 g/mol. The summed E-state index contributed by atoms with van der Waals surface area (Å²) in [6.07, 6.45) is 4.45.